The molecule has 0 aromatic rings. The van der Waals surface area contributed by atoms with E-state index in [2.05, 4.69) is 10.1 Å². The molecule has 100 valence electrons. The zero-order chi connectivity index (χ0) is 12.1. The third kappa shape index (κ3) is 4.51. The summed E-state index contributed by atoms with van der Waals surface area (Å²) < 4.78 is 28.7. The Morgan fingerprint density at radius 2 is 1.41 bits per heavy atom. The Kier molecular flexibility index (Phi) is 5.16. The van der Waals surface area contributed by atoms with Crippen molar-refractivity contribution in [1.82, 2.24) is 5.32 Å². The predicted molar refractivity (Wildman–Crippen MR) is 63.1 cm³/mol. The van der Waals surface area contributed by atoms with E-state index >= 15 is 0 Å². The van der Waals surface area contributed by atoms with Gasteiger partial charge in [0.15, 0.2) is 0 Å². The number of hydrogen-bond donors (Lipinski definition) is 1. The Labute approximate surface area is 102 Å². The van der Waals surface area contributed by atoms with E-state index in [0.717, 1.165) is 25.7 Å². The molecule has 2 aliphatic rings. The monoisotopic (exact) mass is 247 g/mol. The van der Waals surface area contributed by atoms with Crippen LogP contribution in [0.2, 0.25) is 0 Å². The summed E-state index contributed by atoms with van der Waals surface area (Å²) in [6.07, 6.45) is 9.89. The number of rotatable bonds is 4. The molecule has 2 nitrogen and oxygen atoms in total. The minimum absolute atomic E-state index is 0.223. The summed E-state index contributed by atoms with van der Waals surface area (Å²) >= 11 is 0. The van der Waals surface area contributed by atoms with Crippen LogP contribution in [0.1, 0.15) is 57.8 Å². The second-order valence-electron chi connectivity index (χ2n) is 5.37. The van der Waals surface area contributed by atoms with Crippen molar-refractivity contribution in [2.24, 2.45) is 0 Å². The zero-order valence-electron chi connectivity index (χ0n) is 10.3. The second kappa shape index (κ2) is 6.64. The first kappa shape index (κ1) is 13.2. The molecule has 0 bridgehead atoms. The van der Waals surface area contributed by atoms with Gasteiger partial charge in [0.25, 0.3) is 0 Å². The topological polar surface area (TPSA) is 21.3 Å². The molecule has 2 rings (SSSR count). The largest absolute Gasteiger partial charge is 0.345 e. The lowest BCUT2D eigenvalue weighted by Crippen LogP contribution is -2.42. The van der Waals surface area contributed by atoms with Gasteiger partial charge in [-0.05, 0) is 38.5 Å². The van der Waals surface area contributed by atoms with Crippen molar-refractivity contribution in [1.29, 1.82) is 0 Å². The fraction of sp³-hybridized carbons (Fsp3) is 1.00. The molecule has 0 heterocycles. The van der Waals surface area contributed by atoms with E-state index < -0.39 is 6.61 Å². The van der Waals surface area contributed by atoms with Crippen molar-refractivity contribution in [2.45, 2.75) is 82.6 Å². The summed E-state index contributed by atoms with van der Waals surface area (Å²) in [5, 5.41) is 3.69. The SMILES string of the molecule is FC(F)OC1CCC(NC2CCCCC2)CC1. The van der Waals surface area contributed by atoms with Gasteiger partial charge in [0.1, 0.15) is 0 Å². The Balaban J connectivity index is 1.64. The molecule has 0 amide bonds. The van der Waals surface area contributed by atoms with Crippen LogP contribution in [0, 0.1) is 0 Å². The minimum Gasteiger partial charge on any atom is -0.320 e. The highest BCUT2D eigenvalue weighted by Crippen LogP contribution is 2.25. The average molecular weight is 247 g/mol. The molecule has 0 atom stereocenters. The molecule has 0 spiro atoms. The molecule has 2 fully saturated rings. The first-order chi connectivity index (χ1) is 8.24. The molecule has 2 aliphatic carbocycles. The summed E-state index contributed by atoms with van der Waals surface area (Å²) in [4.78, 5) is 0. The van der Waals surface area contributed by atoms with Gasteiger partial charge in [-0.15, -0.1) is 0 Å². The number of halogens is 2. The minimum atomic E-state index is -2.61. The number of hydrogen-bond acceptors (Lipinski definition) is 2. The highest BCUT2D eigenvalue weighted by atomic mass is 19.3. The Morgan fingerprint density at radius 3 is 2.00 bits per heavy atom. The molecule has 0 aromatic carbocycles. The summed E-state index contributed by atoms with van der Waals surface area (Å²) in [7, 11) is 0. The normalized spacial score (nSPS) is 31.9. The molecule has 0 radical (unpaired) electrons. The van der Waals surface area contributed by atoms with Crippen molar-refractivity contribution < 1.29 is 13.5 Å². The van der Waals surface area contributed by atoms with E-state index in [4.69, 9.17) is 0 Å². The van der Waals surface area contributed by atoms with E-state index in [9.17, 15) is 8.78 Å². The predicted octanol–water partition coefficient (Wildman–Crippen LogP) is 3.46. The van der Waals surface area contributed by atoms with Crippen LogP contribution in [0.4, 0.5) is 8.78 Å². The maximum atomic E-state index is 12.1. The van der Waals surface area contributed by atoms with E-state index in [0.29, 0.717) is 12.1 Å². The third-order valence-electron chi connectivity index (χ3n) is 4.05. The van der Waals surface area contributed by atoms with E-state index in [-0.39, 0.29) is 6.10 Å². The first-order valence-electron chi connectivity index (χ1n) is 6.93. The maximum absolute atomic E-state index is 12.1. The summed E-state index contributed by atoms with van der Waals surface area (Å²) in [5.41, 5.74) is 0. The van der Waals surface area contributed by atoms with Gasteiger partial charge in [0, 0.05) is 12.1 Å². The number of nitrogens with one attached hydrogen (secondary N) is 1. The molecular formula is C13H23F2NO. The Hall–Kier alpha value is -0.220. The lowest BCUT2D eigenvalue weighted by molar-refractivity contribution is -0.170. The van der Waals surface area contributed by atoms with Gasteiger partial charge < -0.3 is 10.1 Å². The van der Waals surface area contributed by atoms with E-state index in [1.807, 2.05) is 0 Å². The van der Waals surface area contributed by atoms with Crippen LogP contribution in [0.25, 0.3) is 0 Å². The molecule has 0 unspecified atom stereocenters. The van der Waals surface area contributed by atoms with Crippen LogP contribution in [0.15, 0.2) is 0 Å². The van der Waals surface area contributed by atoms with Gasteiger partial charge in [0.05, 0.1) is 6.10 Å². The smallest absolute Gasteiger partial charge is 0.320 e. The van der Waals surface area contributed by atoms with Crippen molar-refractivity contribution in [3.05, 3.63) is 0 Å². The van der Waals surface area contributed by atoms with Gasteiger partial charge in [-0.3, -0.25) is 0 Å². The van der Waals surface area contributed by atoms with Crippen molar-refractivity contribution in [3.63, 3.8) is 0 Å². The van der Waals surface area contributed by atoms with E-state index in [1.165, 1.54) is 32.1 Å². The molecule has 0 saturated heterocycles. The first-order valence-corrected chi connectivity index (χ1v) is 6.93. The molecule has 1 N–H and O–H groups in total. The fourth-order valence-electron chi connectivity index (χ4n) is 3.11. The summed E-state index contributed by atoms with van der Waals surface area (Å²) in [5.74, 6) is 0. The Morgan fingerprint density at radius 1 is 0.824 bits per heavy atom. The quantitative estimate of drug-likeness (QED) is 0.821. The highest BCUT2D eigenvalue weighted by molar-refractivity contribution is 4.82. The summed E-state index contributed by atoms with van der Waals surface area (Å²) in [6, 6.07) is 1.19. The molecule has 0 aliphatic heterocycles. The Bertz CT molecular complexity index is 211. The molecule has 4 heteroatoms. The lowest BCUT2D eigenvalue weighted by Gasteiger charge is -2.33. The average Bonchev–Trinajstić information content (AvgIpc) is 2.32. The number of alkyl halides is 2. The van der Waals surface area contributed by atoms with Crippen LogP contribution in [-0.4, -0.2) is 24.8 Å². The maximum Gasteiger partial charge on any atom is 0.345 e. The van der Waals surface area contributed by atoms with Gasteiger partial charge in [-0.2, -0.15) is 8.78 Å². The van der Waals surface area contributed by atoms with Crippen molar-refractivity contribution >= 4 is 0 Å². The van der Waals surface area contributed by atoms with Crippen LogP contribution >= 0.6 is 0 Å². The molecular weight excluding hydrogens is 224 g/mol. The van der Waals surface area contributed by atoms with Gasteiger partial charge in [-0.25, -0.2) is 0 Å². The standard InChI is InChI=1S/C13H23F2NO/c14-13(15)17-12-8-6-11(7-9-12)16-10-4-2-1-3-5-10/h10-13,16H,1-9H2. The second-order valence-corrected chi connectivity index (χ2v) is 5.37. The highest BCUT2D eigenvalue weighted by Gasteiger charge is 2.25. The fourth-order valence-corrected chi connectivity index (χ4v) is 3.11. The number of ether oxygens (including phenoxy) is 1. The summed E-state index contributed by atoms with van der Waals surface area (Å²) in [6.45, 7) is -2.61. The van der Waals surface area contributed by atoms with Gasteiger partial charge in [0.2, 0.25) is 0 Å². The third-order valence-corrected chi connectivity index (χ3v) is 4.05. The van der Waals surface area contributed by atoms with Crippen molar-refractivity contribution in [3.8, 4) is 0 Å². The lowest BCUT2D eigenvalue weighted by atomic mass is 9.89. The van der Waals surface area contributed by atoms with Crippen LogP contribution in [-0.2, 0) is 4.74 Å². The van der Waals surface area contributed by atoms with Crippen LogP contribution in [0.3, 0.4) is 0 Å². The zero-order valence-corrected chi connectivity index (χ0v) is 10.3. The van der Waals surface area contributed by atoms with Gasteiger partial charge >= 0.3 is 6.61 Å². The van der Waals surface area contributed by atoms with Crippen molar-refractivity contribution in [2.75, 3.05) is 0 Å². The molecule has 2 saturated carbocycles. The molecule has 17 heavy (non-hydrogen) atoms. The van der Waals surface area contributed by atoms with Gasteiger partial charge in [-0.1, -0.05) is 19.3 Å². The van der Waals surface area contributed by atoms with Crippen LogP contribution < -0.4 is 5.32 Å². The van der Waals surface area contributed by atoms with Crippen LogP contribution in [0.5, 0.6) is 0 Å². The molecule has 0 aromatic heterocycles. The van der Waals surface area contributed by atoms with E-state index in [1.54, 1.807) is 0 Å².